The maximum atomic E-state index is 6.42. The number of aromatic nitrogens is 3. The topological polar surface area (TPSA) is 93.3 Å². The fourth-order valence-electron chi connectivity index (χ4n) is 5.22. The first-order valence-electron chi connectivity index (χ1n) is 13.6. The van der Waals surface area contributed by atoms with Crippen molar-refractivity contribution in [1.29, 1.82) is 0 Å². The molecule has 3 heterocycles. The number of hydrogen-bond donors (Lipinski definition) is 3. The van der Waals surface area contributed by atoms with Crippen LogP contribution in [0.1, 0.15) is 17.5 Å². The molecular weight excluding hydrogens is 505 g/mol. The normalized spacial score (nSPS) is 12.9. The van der Waals surface area contributed by atoms with Gasteiger partial charge in [0.15, 0.2) is 0 Å². The average molecular weight is 546 g/mol. The summed E-state index contributed by atoms with van der Waals surface area (Å²) in [4.78, 5) is 12.0. The predicted molar refractivity (Wildman–Crippen MR) is 166 cm³/mol. The lowest BCUT2D eigenvalue weighted by Crippen LogP contribution is -2.21. The molecule has 0 spiro atoms. The first-order chi connectivity index (χ1) is 18.8. The molecule has 0 atom stereocenters. The molecule has 8 nitrogen and oxygen atoms in total. The zero-order chi connectivity index (χ0) is 27.5. The number of benzene rings is 2. The van der Waals surface area contributed by atoms with Crippen molar-refractivity contribution in [3.63, 3.8) is 0 Å². The van der Waals surface area contributed by atoms with Crippen LogP contribution in [0.15, 0.2) is 42.7 Å². The first kappa shape index (κ1) is 27.2. The standard InChI is InChI=1S/C30H40N7OP/c1-36(2)14-12-32-25-17-27(38-3)26(16-24(25)31)34-30-33-18-21(11-15-39(4)5)28(35-30)23-19-37-13-7-9-20-8-6-10-22(23)29(20)37/h6,8,10,16-19,32H,7,9,11-15,31H2,1-5H3,(H,33,34,35). The molecule has 0 radical (unpaired) electrons. The minimum Gasteiger partial charge on any atom is -0.494 e. The highest BCUT2D eigenvalue weighted by Gasteiger charge is 2.21. The fourth-order valence-corrected chi connectivity index (χ4v) is 5.91. The van der Waals surface area contributed by atoms with E-state index in [-0.39, 0.29) is 7.92 Å². The molecule has 5 rings (SSSR count). The van der Waals surface area contributed by atoms with Crippen LogP contribution in [-0.2, 0) is 19.4 Å². The van der Waals surface area contributed by atoms with E-state index in [4.69, 9.17) is 20.4 Å². The second-order valence-corrected chi connectivity index (χ2v) is 13.4. The number of para-hydroxylation sites is 1. The number of nitrogens with one attached hydrogen (secondary N) is 2. The Morgan fingerprint density at radius 2 is 2.03 bits per heavy atom. The number of nitrogens with zero attached hydrogens (tertiary/aromatic N) is 4. The molecule has 0 saturated carbocycles. The Kier molecular flexibility index (Phi) is 8.24. The molecule has 0 unspecified atom stereocenters. The third-order valence-corrected chi connectivity index (χ3v) is 8.39. The molecule has 0 bridgehead atoms. The van der Waals surface area contributed by atoms with Crippen molar-refractivity contribution in [2.45, 2.75) is 25.8 Å². The number of ether oxygens (including phenoxy) is 1. The van der Waals surface area contributed by atoms with Gasteiger partial charge in [-0.25, -0.2) is 9.97 Å². The number of nitrogens with two attached hydrogens (primary N) is 1. The van der Waals surface area contributed by atoms with Crippen molar-refractivity contribution in [2.75, 3.05) is 70.2 Å². The number of methoxy groups -OCH3 is 1. The summed E-state index contributed by atoms with van der Waals surface area (Å²) < 4.78 is 8.12. The van der Waals surface area contributed by atoms with E-state index in [1.54, 1.807) is 7.11 Å². The lowest BCUT2D eigenvalue weighted by atomic mass is 10.0. The summed E-state index contributed by atoms with van der Waals surface area (Å²) in [7, 11) is 5.74. The van der Waals surface area contributed by atoms with Crippen LogP contribution in [0.25, 0.3) is 22.2 Å². The van der Waals surface area contributed by atoms with Gasteiger partial charge >= 0.3 is 0 Å². The van der Waals surface area contributed by atoms with Crippen LogP contribution in [-0.4, -0.2) is 73.2 Å². The Balaban J connectivity index is 1.51. The van der Waals surface area contributed by atoms with Gasteiger partial charge in [-0.15, -0.1) is 7.92 Å². The molecular formula is C30H40N7OP. The maximum absolute atomic E-state index is 6.42. The van der Waals surface area contributed by atoms with Crippen molar-refractivity contribution in [2.24, 2.45) is 0 Å². The van der Waals surface area contributed by atoms with Crippen molar-refractivity contribution >= 4 is 41.8 Å². The maximum Gasteiger partial charge on any atom is 0.227 e. The van der Waals surface area contributed by atoms with Gasteiger partial charge in [-0.2, -0.15) is 0 Å². The summed E-state index contributed by atoms with van der Waals surface area (Å²) >= 11 is 0. The Hall–Kier alpha value is -3.35. The number of rotatable bonds is 11. The van der Waals surface area contributed by atoms with Crippen LogP contribution in [0.2, 0.25) is 0 Å². The van der Waals surface area contributed by atoms with Gasteiger partial charge in [-0.05, 0) is 70.0 Å². The van der Waals surface area contributed by atoms with Gasteiger partial charge in [0.1, 0.15) is 5.75 Å². The number of aryl methyl sites for hydroxylation is 3. The van der Waals surface area contributed by atoms with E-state index in [0.717, 1.165) is 55.7 Å². The van der Waals surface area contributed by atoms with Gasteiger partial charge in [0, 0.05) is 49.0 Å². The number of hydrogen-bond acceptors (Lipinski definition) is 7. The molecule has 4 N–H and O–H groups in total. The van der Waals surface area contributed by atoms with E-state index in [2.05, 4.69) is 57.8 Å². The van der Waals surface area contributed by atoms with Gasteiger partial charge in [-0.1, -0.05) is 18.2 Å². The van der Waals surface area contributed by atoms with Crippen molar-refractivity contribution in [3.05, 3.63) is 53.9 Å². The highest BCUT2D eigenvalue weighted by Crippen LogP contribution is 2.38. The van der Waals surface area contributed by atoms with Crippen LogP contribution in [0.5, 0.6) is 5.75 Å². The number of anilines is 4. The summed E-state index contributed by atoms with van der Waals surface area (Å²) in [5.41, 5.74) is 14.8. The monoisotopic (exact) mass is 545 g/mol. The van der Waals surface area contributed by atoms with Gasteiger partial charge in [0.25, 0.3) is 0 Å². The van der Waals surface area contributed by atoms with Gasteiger partial charge in [0.2, 0.25) is 5.95 Å². The summed E-state index contributed by atoms with van der Waals surface area (Å²) in [6.45, 7) is 7.37. The smallest absolute Gasteiger partial charge is 0.227 e. The lowest BCUT2D eigenvalue weighted by molar-refractivity contribution is 0.416. The molecule has 0 saturated heterocycles. The summed E-state index contributed by atoms with van der Waals surface area (Å²) in [6.07, 6.45) is 8.68. The van der Waals surface area contributed by atoms with E-state index >= 15 is 0 Å². The van der Waals surface area contributed by atoms with E-state index in [1.807, 2.05) is 32.4 Å². The van der Waals surface area contributed by atoms with E-state index in [1.165, 1.54) is 34.0 Å². The molecule has 39 heavy (non-hydrogen) atoms. The van der Waals surface area contributed by atoms with Crippen LogP contribution >= 0.6 is 7.92 Å². The van der Waals surface area contributed by atoms with Gasteiger partial charge < -0.3 is 30.6 Å². The quantitative estimate of drug-likeness (QED) is 0.166. The Bertz CT molecular complexity index is 1460. The minimum atomic E-state index is -0.0178. The average Bonchev–Trinajstić information content (AvgIpc) is 3.29. The van der Waals surface area contributed by atoms with Crippen LogP contribution in [0.3, 0.4) is 0 Å². The Labute approximate surface area is 232 Å². The van der Waals surface area contributed by atoms with E-state index in [9.17, 15) is 0 Å². The van der Waals surface area contributed by atoms with Crippen LogP contribution in [0.4, 0.5) is 23.0 Å². The second kappa shape index (κ2) is 11.8. The summed E-state index contributed by atoms with van der Waals surface area (Å²) in [6, 6.07) is 10.5. The number of likely N-dealkylation sites (N-methyl/N-ethyl adjacent to an activating group) is 1. The Morgan fingerprint density at radius 3 is 2.79 bits per heavy atom. The van der Waals surface area contributed by atoms with E-state index in [0.29, 0.717) is 17.4 Å². The molecule has 0 aliphatic carbocycles. The third-order valence-electron chi connectivity index (χ3n) is 7.27. The summed E-state index contributed by atoms with van der Waals surface area (Å²) in [5.74, 6) is 1.21. The molecule has 1 aliphatic rings. The van der Waals surface area contributed by atoms with Crippen LogP contribution < -0.4 is 21.1 Å². The third kappa shape index (κ3) is 5.97. The molecule has 1 aliphatic heterocycles. The predicted octanol–water partition coefficient (Wildman–Crippen LogP) is 5.64. The van der Waals surface area contributed by atoms with Crippen LogP contribution in [0, 0.1) is 0 Å². The molecule has 206 valence electrons. The van der Waals surface area contributed by atoms with Crippen molar-refractivity contribution in [1.82, 2.24) is 19.4 Å². The molecule has 9 heteroatoms. The number of nitrogen functional groups attached to an aromatic ring is 1. The minimum absolute atomic E-state index is 0.0178. The summed E-state index contributed by atoms with van der Waals surface area (Å²) in [5, 5.41) is 8.06. The fraction of sp³-hybridized carbons (Fsp3) is 0.400. The molecule has 0 amide bonds. The molecule has 0 fully saturated rings. The zero-order valence-corrected chi connectivity index (χ0v) is 24.6. The zero-order valence-electron chi connectivity index (χ0n) is 23.7. The Morgan fingerprint density at radius 1 is 1.18 bits per heavy atom. The highest BCUT2D eigenvalue weighted by atomic mass is 31.1. The van der Waals surface area contributed by atoms with Crippen molar-refractivity contribution in [3.8, 4) is 17.0 Å². The van der Waals surface area contributed by atoms with Gasteiger partial charge in [-0.3, -0.25) is 0 Å². The second-order valence-electron chi connectivity index (χ2n) is 10.8. The molecule has 2 aromatic carbocycles. The van der Waals surface area contributed by atoms with E-state index < -0.39 is 0 Å². The highest BCUT2D eigenvalue weighted by molar-refractivity contribution is 7.55. The molecule has 4 aromatic rings. The lowest BCUT2D eigenvalue weighted by Gasteiger charge is -2.17. The first-order valence-corrected chi connectivity index (χ1v) is 16.0. The van der Waals surface area contributed by atoms with Crippen molar-refractivity contribution < 1.29 is 4.74 Å². The largest absolute Gasteiger partial charge is 0.494 e. The molecule has 2 aromatic heterocycles. The van der Waals surface area contributed by atoms with Gasteiger partial charge in [0.05, 0.1) is 35.4 Å². The SMILES string of the molecule is COc1cc(NCCN(C)C)c(N)cc1Nc1ncc(CCP(C)C)c(-c2cn3c4c(cccc24)CCC3)n1.